The largest absolute Gasteiger partial charge is 0.356 e. The van der Waals surface area contributed by atoms with Gasteiger partial charge < -0.3 is 15.6 Å². The third kappa shape index (κ3) is 9.76. The smallest absolute Gasteiger partial charge is 0.214 e. The maximum Gasteiger partial charge on any atom is 0.214 e. The van der Waals surface area contributed by atoms with Gasteiger partial charge in [-0.05, 0) is 46.7 Å². The second-order valence-electron chi connectivity index (χ2n) is 4.03. The molecule has 0 aliphatic heterocycles. The molecule has 0 saturated heterocycles. The van der Waals surface area contributed by atoms with Gasteiger partial charge in [0.05, 0.1) is 5.60 Å². The van der Waals surface area contributed by atoms with Crippen molar-refractivity contribution in [3.8, 4) is 0 Å². The van der Waals surface area contributed by atoms with Crippen LogP contribution in [0.1, 0.15) is 33.6 Å². The lowest BCUT2D eigenvalue weighted by Crippen LogP contribution is -2.38. The molecule has 0 spiro atoms. The normalized spacial score (nSPS) is 14.5. The standard InChI is InChI=1S/C9H22N2O2/c1-9(2,3)13-8(12)11-7-5-4-6-10/h8,11-12H,4-7,10H2,1-3H3. The van der Waals surface area contributed by atoms with Gasteiger partial charge in [-0.25, -0.2) is 0 Å². The van der Waals surface area contributed by atoms with E-state index in [1.54, 1.807) is 0 Å². The Balaban J connectivity index is 3.35. The Morgan fingerprint density at radius 3 is 2.46 bits per heavy atom. The zero-order valence-electron chi connectivity index (χ0n) is 8.84. The Kier molecular flexibility index (Phi) is 6.24. The third-order valence-electron chi connectivity index (χ3n) is 1.42. The van der Waals surface area contributed by atoms with E-state index in [2.05, 4.69) is 5.32 Å². The molecule has 0 radical (unpaired) electrons. The van der Waals surface area contributed by atoms with Crippen LogP contribution in [0.25, 0.3) is 0 Å². The van der Waals surface area contributed by atoms with Gasteiger partial charge in [0, 0.05) is 0 Å². The fraction of sp³-hybridized carbons (Fsp3) is 1.00. The van der Waals surface area contributed by atoms with E-state index in [0.717, 1.165) is 19.4 Å². The van der Waals surface area contributed by atoms with E-state index in [1.807, 2.05) is 20.8 Å². The minimum atomic E-state index is -0.877. The molecular weight excluding hydrogens is 168 g/mol. The maximum absolute atomic E-state index is 9.32. The van der Waals surface area contributed by atoms with Gasteiger partial charge in [0.2, 0.25) is 6.41 Å². The van der Waals surface area contributed by atoms with Crippen LogP contribution < -0.4 is 11.1 Å². The molecule has 1 atom stereocenters. The fourth-order valence-electron chi connectivity index (χ4n) is 0.871. The van der Waals surface area contributed by atoms with Gasteiger partial charge in [0.25, 0.3) is 0 Å². The molecule has 0 aromatic carbocycles. The van der Waals surface area contributed by atoms with Gasteiger partial charge in [0.15, 0.2) is 0 Å². The summed E-state index contributed by atoms with van der Waals surface area (Å²) < 4.78 is 5.23. The first-order valence-electron chi connectivity index (χ1n) is 4.75. The third-order valence-corrected chi connectivity index (χ3v) is 1.42. The molecule has 0 bridgehead atoms. The number of ether oxygens (including phenoxy) is 1. The highest BCUT2D eigenvalue weighted by Gasteiger charge is 2.15. The predicted molar refractivity (Wildman–Crippen MR) is 53.1 cm³/mol. The number of aliphatic hydroxyl groups is 1. The lowest BCUT2D eigenvalue weighted by atomic mass is 10.2. The van der Waals surface area contributed by atoms with Crippen LogP contribution in [0.5, 0.6) is 0 Å². The number of hydrogen-bond acceptors (Lipinski definition) is 4. The number of rotatable bonds is 6. The summed E-state index contributed by atoms with van der Waals surface area (Å²) in [5.74, 6) is 0. The SMILES string of the molecule is CC(C)(C)OC(O)NCCCCN. The first kappa shape index (κ1) is 12.8. The highest BCUT2D eigenvalue weighted by Crippen LogP contribution is 2.07. The first-order chi connectivity index (χ1) is 5.95. The Morgan fingerprint density at radius 2 is 2.00 bits per heavy atom. The van der Waals surface area contributed by atoms with Crippen molar-refractivity contribution in [1.29, 1.82) is 0 Å². The number of hydrogen-bond donors (Lipinski definition) is 3. The zero-order valence-corrected chi connectivity index (χ0v) is 8.84. The van der Waals surface area contributed by atoms with Crippen LogP contribution in [0.3, 0.4) is 0 Å². The van der Waals surface area contributed by atoms with Gasteiger partial charge in [0.1, 0.15) is 0 Å². The molecule has 1 unspecified atom stereocenters. The van der Waals surface area contributed by atoms with Crippen molar-refractivity contribution in [2.75, 3.05) is 13.1 Å². The van der Waals surface area contributed by atoms with E-state index >= 15 is 0 Å². The zero-order chi connectivity index (χ0) is 10.3. The monoisotopic (exact) mass is 190 g/mol. The first-order valence-corrected chi connectivity index (χ1v) is 4.75. The summed E-state index contributed by atoms with van der Waals surface area (Å²) in [4.78, 5) is 0. The number of nitrogens with two attached hydrogens (primary N) is 1. The summed E-state index contributed by atoms with van der Waals surface area (Å²) in [7, 11) is 0. The molecule has 80 valence electrons. The minimum Gasteiger partial charge on any atom is -0.356 e. The summed E-state index contributed by atoms with van der Waals surface area (Å²) in [5, 5.41) is 12.2. The Hall–Kier alpha value is -0.160. The molecule has 0 rings (SSSR count). The molecule has 4 N–H and O–H groups in total. The Bertz CT molecular complexity index is 123. The molecular formula is C9H22N2O2. The highest BCUT2D eigenvalue weighted by atomic mass is 16.6. The molecule has 0 aliphatic carbocycles. The molecule has 4 nitrogen and oxygen atoms in total. The van der Waals surface area contributed by atoms with Crippen molar-refractivity contribution >= 4 is 0 Å². The molecule has 0 aromatic rings. The second-order valence-corrected chi connectivity index (χ2v) is 4.03. The van der Waals surface area contributed by atoms with Crippen LogP contribution in [-0.4, -0.2) is 30.2 Å². The van der Waals surface area contributed by atoms with Crippen LogP contribution in [0.15, 0.2) is 0 Å². The number of nitrogens with one attached hydrogen (secondary N) is 1. The van der Waals surface area contributed by atoms with E-state index in [0.29, 0.717) is 6.54 Å². The van der Waals surface area contributed by atoms with Crippen molar-refractivity contribution in [3.05, 3.63) is 0 Å². The van der Waals surface area contributed by atoms with Gasteiger partial charge in [-0.1, -0.05) is 0 Å². The van der Waals surface area contributed by atoms with Crippen molar-refractivity contribution in [3.63, 3.8) is 0 Å². The maximum atomic E-state index is 9.32. The lowest BCUT2D eigenvalue weighted by Gasteiger charge is -2.24. The van der Waals surface area contributed by atoms with Crippen molar-refractivity contribution in [1.82, 2.24) is 5.32 Å². The van der Waals surface area contributed by atoms with Gasteiger partial charge in [-0.3, -0.25) is 5.32 Å². The molecule has 0 saturated carbocycles. The van der Waals surface area contributed by atoms with Gasteiger partial charge in [-0.15, -0.1) is 0 Å². The van der Waals surface area contributed by atoms with Gasteiger partial charge >= 0.3 is 0 Å². The molecule has 0 aliphatic rings. The summed E-state index contributed by atoms with van der Waals surface area (Å²) in [6.45, 7) is 7.12. The summed E-state index contributed by atoms with van der Waals surface area (Å²) in [6, 6.07) is 0. The van der Waals surface area contributed by atoms with Crippen LogP contribution in [0.4, 0.5) is 0 Å². The molecule has 0 amide bonds. The second kappa shape index (κ2) is 6.32. The van der Waals surface area contributed by atoms with Crippen molar-refractivity contribution < 1.29 is 9.84 Å². The van der Waals surface area contributed by atoms with Crippen LogP contribution in [0.2, 0.25) is 0 Å². The van der Waals surface area contributed by atoms with E-state index < -0.39 is 6.41 Å². The molecule has 0 heterocycles. The highest BCUT2D eigenvalue weighted by molar-refractivity contribution is 4.59. The van der Waals surface area contributed by atoms with Crippen LogP contribution >= 0.6 is 0 Å². The quantitative estimate of drug-likeness (QED) is 0.419. The number of unbranched alkanes of at least 4 members (excludes halogenated alkanes) is 1. The van der Waals surface area contributed by atoms with E-state index in [9.17, 15) is 5.11 Å². The number of aliphatic hydroxyl groups excluding tert-OH is 1. The van der Waals surface area contributed by atoms with Crippen LogP contribution in [0, 0.1) is 0 Å². The summed E-state index contributed by atoms with van der Waals surface area (Å²) >= 11 is 0. The summed E-state index contributed by atoms with van der Waals surface area (Å²) in [5.41, 5.74) is 5.01. The topological polar surface area (TPSA) is 67.5 Å². The Morgan fingerprint density at radius 1 is 1.38 bits per heavy atom. The minimum absolute atomic E-state index is 0.319. The van der Waals surface area contributed by atoms with Crippen LogP contribution in [-0.2, 0) is 4.74 Å². The molecule has 13 heavy (non-hydrogen) atoms. The van der Waals surface area contributed by atoms with E-state index in [4.69, 9.17) is 10.5 Å². The van der Waals surface area contributed by atoms with E-state index in [1.165, 1.54) is 0 Å². The molecule has 0 aromatic heterocycles. The predicted octanol–water partition coefficient (Wildman–Crippen LogP) is 0.406. The van der Waals surface area contributed by atoms with Crippen molar-refractivity contribution in [2.45, 2.75) is 45.6 Å². The van der Waals surface area contributed by atoms with Gasteiger partial charge in [-0.2, -0.15) is 0 Å². The summed E-state index contributed by atoms with van der Waals surface area (Å²) in [6.07, 6.45) is 1.05. The molecule has 0 fully saturated rings. The average Bonchev–Trinajstić information content (AvgIpc) is 1.94. The average molecular weight is 190 g/mol. The fourth-order valence-corrected chi connectivity index (χ4v) is 0.871. The Labute approximate surface area is 80.5 Å². The molecule has 4 heteroatoms. The lowest BCUT2D eigenvalue weighted by molar-refractivity contribution is -0.181. The van der Waals surface area contributed by atoms with Crippen molar-refractivity contribution in [2.24, 2.45) is 5.73 Å². The van der Waals surface area contributed by atoms with E-state index in [-0.39, 0.29) is 5.60 Å².